The van der Waals surface area contributed by atoms with Crippen molar-refractivity contribution in [2.75, 3.05) is 18.9 Å². The molecular weight excluding hydrogens is 406 g/mol. The fourth-order valence-corrected chi connectivity index (χ4v) is 4.87. The van der Waals surface area contributed by atoms with Gasteiger partial charge in [0.05, 0.1) is 10.2 Å². The fourth-order valence-electron chi connectivity index (χ4n) is 4.10. The number of fused-ring (bicyclic) bond motifs is 4. The summed E-state index contributed by atoms with van der Waals surface area (Å²) < 4.78 is 6.60. The molecule has 0 fully saturated rings. The van der Waals surface area contributed by atoms with Crippen LogP contribution < -0.4 is 11.1 Å². The van der Waals surface area contributed by atoms with E-state index in [-0.39, 0.29) is 5.92 Å². The fraction of sp³-hybridized carbons (Fsp3) is 0.120. The minimum absolute atomic E-state index is 0.0569. The van der Waals surface area contributed by atoms with E-state index in [1.165, 1.54) is 33.6 Å². The SMILES string of the molecule is Nc1nc2c(C=CCNC(=O)OCC3c4ccccc4-c4ccccc43)cccc2s1. The van der Waals surface area contributed by atoms with Crippen LogP contribution in [0.4, 0.5) is 9.93 Å². The summed E-state index contributed by atoms with van der Waals surface area (Å²) in [6, 6.07) is 22.5. The number of amides is 1. The van der Waals surface area contributed by atoms with Gasteiger partial charge < -0.3 is 15.8 Å². The van der Waals surface area contributed by atoms with Crippen molar-refractivity contribution in [2.45, 2.75) is 5.92 Å². The van der Waals surface area contributed by atoms with Gasteiger partial charge in [-0.15, -0.1) is 0 Å². The lowest BCUT2D eigenvalue weighted by Gasteiger charge is -2.14. The molecule has 4 aromatic rings. The van der Waals surface area contributed by atoms with Crippen molar-refractivity contribution >= 4 is 38.9 Å². The molecule has 3 aromatic carbocycles. The second-order valence-corrected chi connectivity index (χ2v) is 8.42. The van der Waals surface area contributed by atoms with Gasteiger partial charge >= 0.3 is 6.09 Å². The van der Waals surface area contributed by atoms with Crippen LogP contribution >= 0.6 is 11.3 Å². The number of benzene rings is 3. The number of para-hydroxylation sites is 1. The van der Waals surface area contributed by atoms with Gasteiger partial charge in [-0.25, -0.2) is 9.78 Å². The number of hydrogen-bond donors (Lipinski definition) is 2. The summed E-state index contributed by atoms with van der Waals surface area (Å²) >= 11 is 1.46. The molecule has 1 heterocycles. The van der Waals surface area contributed by atoms with Gasteiger partial charge in [0.25, 0.3) is 0 Å². The smallest absolute Gasteiger partial charge is 0.407 e. The molecule has 0 saturated heterocycles. The van der Waals surface area contributed by atoms with Gasteiger partial charge in [0, 0.05) is 18.0 Å². The molecule has 1 aromatic heterocycles. The molecule has 6 heteroatoms. The zero-order chi connectivity index (χ0) is 21.2. The Morgan fingerprint density at radius 2 is 1.74 bits per heavy atom. The Morgan fingerprint density at radius 3 is 2.48 bits per heavy atom. The molecular formula is C25H21N3O2S. The van der Waals surface area contributed by atoms with Crippen LogP contribution in [0.2, 0.25) is 0 Å². The van der Waals surface area contributed by atoms with Crippen LogP contribution in [-0.2, 0) is 4.74 Å². The number of rotatable bonds is 5. The Morgan fingerprint density at radius 1 is 1.03 bits per heavy atom. The van der Waals surface area contributed by atoms with Crippen molar-refractivity contribution in [3.8, 4) is 11.1 Å². The predicted octanol–water partition coefficient (Wildman–Crippen LogP) is 5.43. The Labute approximate surface area is 184 Å². The maximum absolute atomic E-state index is 12.3. The second-order valence-electron chi connectivity index (χ2n) is 7.35. The summed E-state index contributed by atoms with van der Waals surface area (Å²) in [4.78, 5) is 16.6. The van der Waals surface area contributed by atoms with Crippen molar-refractivity contribution < 1.29 is 9.53 Å². The third kappa shape index (κ3) is 3.78. The number of nitrogens with one attached hydrogen (secondary N) is 1. The van der Waals surface area contributed by atoms with E-state index < -0.39 is 6.09 Å². The van der Waals surface area contributed by atoms with Crippen LogP contribution in [0, 0.1) is 0 Å². The lowest BCUT2D eigenvalue weighted by molar-refractivity contribution is 0.144. The average molecular weight is 428 g/mol. The molecule has 0 atom stereocenters. The zero-order valence-corrected chi connectivity index (χ0v) is 17.6. The number of thiazole rings is 1. The zero-order valence-electron chi connectivity index (χ0n) is 16.7. The Balaban J connectivity index is 1.20. The van der Waals surface area contributed by atoms with E-state index in [0.717, 1.165) is 15.8 Å². The molecule has 0 aliphatic heterocycles. The van der Waals surface area contributed by atoms with Crippen LogP contribution in [0.1, 0.15) is 22.6 Å². The van der Waals surface area contributed by atoms with E-state index in [9.17, 15) is 4.79 Å². The highest BCUT2D eigenvalue weighted by Crippen LogP contribution is 2.44. The van der Waals surface area contributed by atoms with Gasteiger partial charge in [-0.2, -0.15) is 0 Å². The third-order valence-corrected chi connectivity index (χ3v) is 6.32. The van der Waals surface area contributed by atoms with Crippen molar-refractivity contribution in [1.82, 2.24) is 10.3 Å². The first-order chi connectivity index (χ1) is 15.2. The van der Waals surface area contributed by atoms with Crippen LogP contribution in [0.5, 0.6) is 0 Å². The predicted molar refractivity (Wildman–Crippen MR) is 126 cm³/mol. The van der Waals surface area contributed by atoms with Gasteiger partial charge in [-0.1, -0.05) is 84.2 Å². The van der Waals surface area contributed by atoms with Crippen LogP contribution in [0.25, 0.3) is 27.4 Å². The van der Waals surface area contributed by atoms with Crippen LogP contribution in [0.15, 0.2) is 72.8 Å². The normalized spacial score (nSPS) is 12.8. The lowest BCUT2D eigenvalue weighted by Crippen LogP contribution is -2.26. The number of nitrogens with two attached hydrogens (primary N) is 1. The number of anilines is 1. The van der Waals surface area contributed by atoms with E-state index in [4.69, 9.17) is 10.5 Å². The summed E-state index contributed by atoms with van der Waals surface area (Å²) in [6.07, 6.45) is 3.39. The monoisotopic (exact) mass is 427 g/mol. The molecule has 1 aliphatic rings. The number of nitrogen functional groups attached to an aromatic ring is 1. The van der Waals surface area contributed by atoms with E-state index >= 15 is 0 Å². The van der Waals surface area contributed by atoms with Crippen molar-refractivity contribution in [2.24, 2.45) is 0 Å². The van der Waals surface area contributed by atoms with Crippen LogP contribution in [0.3, 0.4) is 0 Å². The largest absolute Gasteiger partial charge is 0.449 e. The molecule has 0 saturated carbocycles. The first kappa shape index (κ1) is 19.3. The first-order valence-corrected chi connectivity index (χ1v) is 10.9. The maximum atomic E-state index is 12.3. The summed E-state index contributed by atoms with van der Waals surface area (Å²) in [5, 5.41) is 3.34. The van der Waals surface area contributed by atoms with Gasteiger partial charge in [0.1, 0.15) is 6.61 Å². The van der Waals surface area contributed by atoms with Crippen molar-refractivity contribution in [3.63, 3.8) is 0 Å². The molecule has 0 radical (unpaired) electrons. The Hall–Kier alpha value is -3.64. The van der Waals surface area contributed by atoms with E-state index in [1.54, 1.807) is 0 Å². The number of alkyl carbamates (subject to hydrolysis) is 1. The lowest BCUT2D eigenvalue weighted by atomic mass is 9.98. The molecule has 0 bridgehead atoms. The molecule has 0 spiro atoms. The van der Waals surface area contributed by atoms with Gasteiger partial charge in [-0.05, 0) is 28.3 Å². The molecule has 154 valence electrons. The highest BCUT2D eigenvalue weighted by Gasteiger charge is 2.28. The average Bonchev–Trinajstić information content (AvgIpc) is 3.33. The minimum Gasteiger partial charge on any atom is -0.449 e. The number of carbonyl (C=O) groups excluding carboxylic acids is 1. The van der Waals surface area contributed by atoms with Gasteiger partial charge in [0.15, 0.2) is 5.13 Å². The van der Waals surface area contributed by atoms with E-state index in [0.29, 0.717) is 18.3 Å². The summed E-state index contributed by atoms with van der Waals surface area (Å²) in [5.41, 5.74) is 12.5. The number of carbonyl (C=O) groups is 1. The molecule has 1 aliphatic carbocycles. The highest BCUT2D eigenvalue weighted by molar-refractivity contribution is 7.22. The second kappa shape index (κ2) is 8.24. The van der Waals surface area contributed by atoms with Crippen LogP contribution in [-0.4, -0.2) is 24.2 Å². The topological polar surface area (TPSA) is 77.2 Å². The molecule has 31 heavy (non-hydrogen) atoms. The van der Waals surface area contributed by atoms with Crippen molar-refractivity contribution in [3.05, 3.63) is 89.5 Å². The number of ether oxygens (including phenoxy) is 1. The Bertz CT molecular complexity index is 1250. The number of aromatic nitrogens is 1. The molecule has 0 unspecified atom stereocenters. The quantitative estimate of drug-likeness (QED) is 0.445. The van der Waals surface area contributed by atoms with E-state index in [1.807, 2.05) is 54.6 Å². The summed E-state index contributed by atoms with van der Waals surface area (Å²) in [6.45, 7) is 0.674. The summed E-state index contributed by atoms with van der Waals surface area (Å²) in [7, 11) is 0. The summed E-state index contributed by atoms with van der Waals surface area (Å²) in [5.74, 6) is 0.0569. The molecule has 1 amide bonds. The highest BCUT2D eigenvalue weighted by atomic mass is 32.1. The molecule has 3 N–H and O–H groups in total. The van der Waals surface area contributed by atoms with E-state index in [2.05, 4.69) is 34.6 Å². The first-order valence-electron chi connectivity index (χ1n) is 10.1. The third-order valence-electron chi connectivity index (χ3n) is 5.47. The van der Waals surface area contributed by atoms with Gasteiger partial charge in [-0.3, -0.25) is 0 Å². The minimum atomic E-state index is -0.428. The molecule has 5 nitrogen and oxygen atoms in total. The standard InChI is InChI=1S/C25H21N3O2S/c26-24-28-23-16(7-5-13-22(23)31-24)8-6-14-27-25(29)30-15-21-19-11-3-1-9-17(19)18-10-2-4-12-20(18)21/h1-13,21H,14-15H2,(H2,26,28)(H,27,29). The number of nitrogens with zero attached hydrogens (tertiary/aromatic N) is 1. The Kier molecular flexibility index (Phi) is 5.14. The van der Waals surface area contributed by atoms with Gasteiger partial charge in [0.2, 0.25) is 0 Å². The number of hydrogen-bond acceptors (Lipinski definition) is 5. The molecule has 5 rings (SSSR count). The van der Waals surface area contributed by atoms with Crippen molar-refractivity contribution in [1.29, 1.82) is 0 Å². The maximum Gasteiger partial charge on any atom is 0.407 e.